The Morgan fingerprint density at radius 2 is 1.73 bits per heavy atom. The minimum absolute atomic E-state index is 0.0536. The second kappa shape index (κ2) is 7.36. The van der Waals surface area contributed by atoms with Crippen molar-refractivity contribution in [3.63, 3.8) is 0 Å². The molecule has 2 rings (SSSR count). The van der Waals surface area contributed by atoms with Crippen LogP contribution in [0.3, 0.4) is 0 Å². The summed E-state index contributed by atoms with van der Waals surface area (Å²) in [5.74, 6) is 0.0536. The van der Waals surface area contributed by atoms with Gasteiger partial charge in [-0.1, -0.05) is 50.6 Å². The molecule has 1 saturated heterocycles. The predicted molar refractivity (Wildman–Crippen MR) is 107 cm³/mol. The summed E-state index contributed by atoms with van der Waals surface area (Å²) in [7, 11) is -0.251. The van der Waals surface area contributed by atoms with Gasteiger partial charge in [0.15, 0.2) is 0 Å². The highest BCUT2D eigenvalue weighted by molar-refractivity contribution is 6.45. The highest BCUT2D eigenvalue weighted by Gasteiger charge is 2.50. The number of carbonyl (C=O) groups excluding carboxylic acids is 1. The number of aryl methyl sites for hydroxylation is 1. The fraction of sp³-hybridized carbons (Fsp3) is 0.667. The van der Waals surface area contributed by atoms with E-state index in [1.54, 1.807) is 0 Å². The van der Waals surface area contributed by atoms with E-state index in [4.69, 9.17) is 9.31 Å². The van der Waals surface area contributed by atoms with Crippen LogP contribution in [0.5, 0.6) is 0 Å². The van der Waals surface area contributed by atoms with Crippen molar-refractivity contribution in [2.75, 3.05) is 0 Å². The summed E-state index contributed by atoms with van der Waals surface area (Å²) < 4.78 is 12.2. The molecule has 1 aromatic rings. The molecule has 0 spiro atoms. The summed E-state index contributed by atoms with van der Waals surface area (Å²) in [5.41, 5.74) is 1.23. The highest BCUT2D eigenvalue weighted by atomic mass is 16.7. The van der Waals surface area contributed by atoms with Crippen LogP contribution in [-0.2, 0) is 14.1 Å². The number of benzene rings is 1. The summed E-state index contributed by atoms with van der Waals surface area (Å²) in [5, 5.41) is 3.22. The van der Waals surface area contributed by atoms with E-state index in [0.29, 0.717) is 0 Å². The highest BCUT2D eigenvalue weighted by Crippen LogP contribution is 2.38. The zero-order valence-corrected chi connectivity index (χ0v) is 17.6. The van der Waals surface area contributed by atoms with E-state index < -0.39 is 5.41 Å². The second-order valence-corrected chi connectivity index (χ2v) is 9.45. The standard InChI is InChI=1S/C21H34BNO3/c1-15-10-9-11-16(14-15)17(23-18(24)19(2,3)4)12-13-22-25-20(5,6)21(7,8)26-22/h9-11,14,17H,12-13H2,1-8H3,(H,23,24)/t17-/m0/s1. The van der Waals surface area contributed by atoms with Gasteiger partial charge < -0.3 is 14.6 Å². The maximum absolute atomic E-state index is 12.6. The summed E-state index contributed by atoms with van der Waals surface area (Å²) in [6.07, 6.45) is 1.50. The van der Waals surface area contributed by atoms with Gasteiger partial charge >= 0.3 is 7.12 Å². The Labute approximate surface area is 159 Å². The normalized spacial score (nSPS) is 20.1. The molecule has 1 heterocycles. The molecule has 0 saturated carbocycles. The van der Waals surface area contributed by atoms with Crippen molar-refractivity contribution in [1.82, 2.24) is 5.32 Å². The fourth-order valence-corrected chi connectivity index (χ4v) is 2.97. The van der Waals surface area contributed by atoms with Gasteiger partial charge in [-0.15, -0.1) is 0 Å². The third-order valence-electron chi connectivity index (χ3n) is 5.42. The van der Waals surface area contributed by atoms with E-state index >= 15 is 0 Å². The molecule has 0 radical (unpaired) electrons. The van der Waals surface area contributed by atoms with E-state index in [2.05, 4.69) is 58.1 Å². The number of amides is 1. The number of hydrogen-bond donors (Lipinski definition) is 1. The van der Waals surface area contributed by atoms with Gasteiger partial charge in [-0.2, -0.15) is 0 Å². The monoisotopic (exact) mass is 359 g/mol. The number of carbonyl (C=O) groups is 1. The zero-order valence-electron chi connectivity index (χ0n) is 17.6. The lowest BCUT2D eigenvalue weighted by molar-refractivity contribution is -0.129. The first-order valence-corrected chi connectivity index (χ1v) is 9.55. The van der Waals surface area contributed by atoms with Crippen molar-refractivity contribution in [1.29, 1.82) is 0 Å². The first-order valence-electron chi connectivity index (χ1n) is 9.55. The smallest absolute Gasteiger partial charge is 0.403 e. The predicted octanol–water partition coefficient (Wildman–Crippen LogP) is 4.68. The maximum atomic E-state index is 12.6. The third kappa shape index (κ3) is 4.89. The SMILES string of the molecule is Cc1cccc([C@H](CCB2OC(C)(C)C(C)(C)O2)NC(=O)C(C)(C)C)c1. The van der Waals surface area contributed by atoms with E-state index in [1.165, 1.54) is 5.56 Å². The first-order chi connectivity index (χ1) is 11.8. The van der Waals surface area contributed by atoms with Gasteiger partial charge in [0.05, 0.1) is 17.2 Å². The summed E-state index contributed by atoms with van der Waals surface area (Å²) >= 11 is 0. The lowest BCUT2D eigenvalue weighted by Gasteiger charge is -2.32. The number of rotatable bonds is 5. The van der Waals surface area contributed by atoms with Gasteiger partial charge in [-0.05, 0) is 52.9 Å². The average molecular weight is 359 g/mol. The number of nitrogens with one attached hydrogen (secondary N) is 1. The number of hydrogen-bond acceptors (Lipinski definition) is 3. The van der Waals surface area contributed by atoms with Crippen LogP contribution in [0.2, 0.25) is 6.32 Å². The van der Waals surface area contributed by atoms with Crippen LogP contribution in [-0.4, -0.2) is 24.2 Å². The van der Waals surface area contributed by atoms with Crippen LogP contribution >= 0.6 is 0 Å². The minimum Gasteiger partial charge on any atom is -0.403 e. The minimum atomic E-state index is -0.424. The molecule has 1 amide bonds. The molecule has 1 aromatic carbocycles. The molecule has 1 atom stereocenters. The van der Waals surface area contributed by atoms with Crippen molar-refractivity contribution in [2.24, 2.45) is 5.41 Å². The van der Waals surface area contributed by atoms with Gasteiger partial charge in [0.25, 0.3) is 0 Å². The van der Waals surface area contributed by atoms with Crippen molar-refractivity contribution < 1.29 is 14.1 Å². The van der Waals surface area contributed by atoms with Gasteiger partial charge in [0.1, 0.15) is 0 Å². The lowest BCUT2D eigenvalue weighted by atomic mass is 9.80. The molecule has 5 heteroatoms. The Bertz CT molecular complexity index is 633. The van der Waals surface area contributed by atoms with Gasteiger partial charge in [0.2, 0.25) is 5.91 Å². The van der Waals surface area contributed by atoms with Gasteiger partial charge in [0, 0.05) is 5.41 Å². The van der Waals surface area contributed by atoms with Crippen LogP contribution in [0.1, 0.15) is 72.1 Å². The third-order valence-corrected chi connectivity index (χ3v) is 5.42. The quantitative estimate of drug-likeness (QED) is 0.777. The Morgan fingerprint density at radius 3 is 2.23 bits per heavy atom. The van der Waals surface area contributed by atoms with Crippen molar-refractivity contribution in [2.45, 2.75) is 85.4 Å². The topological polar surface area (TPSA) is 47.6 Å². The van der Waals surface area contributed by atoms with Gasteiger partial charge in [-0.3, -0.25) is 4.79 Å². The Balaban J connectivity index is 2.11. The van der Waals surface area contributed by atoms with Crippen LogP contribution in [0, 0.1) is 12.3 Å². The second-order valence-electron chi connectivity index (χ2n) is 9.45. The molecule has 26 heavy (non-hydrogen) atoms. The van der Waals surface area contributed by atoms with Gasteiger partial charge in [-0.25, -0.2) is 0 Å². The van der Waals surface area contributed by atoms with E-state index in [1.807, 2.05) is 26.8 Å². The van der Waals surface area contributed by atoms with Crippen molar-refractivity contribution in [3.8, 4) is 0 Å². The maximum Gasteiger partial charge on any atom is 0.457 e. The largest absolute Gasteiger partial charge is 0.457 e. The summed E-state index contributed by atoms with van der Waals surface area (Å²) in [4.78, 5) is 12.6. The average Bonchev–Trinajstić information content (AvgIpc) is 2.69. The van der Waals surface area contributed by atoms with Crippen LogP contribution in [0.25, 0.3) is 0 Å². The fourth-order valence-electron chi connectivity index (χ4n) is 2.97. The summed E-state index contributed by atoms with van der Waals surface area (Å²) in [6, 6.07) is 8.26. The molecule has 1 N–H and O–H groups in total. The Kier molecular flexibility index (Phi) is 5.94. The molecule has 0 aliphatic carbocycles. The molecule has 1 aliphatic heterocycles. The molecule has 0 unspecified atom stereocenters. The molecular formula is C21H34BNO3. The Hall–Kier alpha value is -1.33. The molecular weight excluding hydrogens is 325 g/mol. The molecule has 1 aliphatic rings. The molecule has 4 nitrogen and oxygen atoms in total. The van der Waals surface area contributed by atoms with Crippen molar-refractivity contribution in [3.05, 3.63) is 35.4 Å². The zero-order chi connectivity index (χ0) is 19.8. The van der Waals surface area contributed by atoms with Crippen LogP contribution in [0.15, 0.2) is 24.3 Å². The Morgan fingerprint density at radius 1 is 1.15 bits per heavy atom. The molecule has 0 aromatic heterocycles. The summed E-state index contributed by atoms with van der Waals surface area (Å²) in [6.45, 7) is 16.1. The molecule has 144 valence electrons. The molecule has 0 bridgehead atoms. The van der Waals surface area contributed by atoms with E-state index in [9.17, 15) is 4.79 Å². The van der Waals surface area contributed by atoms with E-state index in [-0.39, 0.29) is 30.3 Å². The lowest BCUT2D eigenvalue weighted by Crippen LogP contribution is -2.41. The van der Waals surface area contributed by atoms with Crippen LogP contribution in [0.4, 0.5) is 0 Å². The first kappa shape index (κ1) is 21.0. The van der Waals surface area contributed by atoms with E-state index in [0.717, 1.165) is 18.3 Å². The van der Waals surface area contributed by atoms with Crippen LogP contribution < -0.4 is 5.32 Å². The molecule has 1 fully saturated rings. The van der Waals surface area contributed by atoms with Crippen molar-refractivity contribution >= 4 is 13.0 Å².